The summed E-state index contributed by atoms with van der Waals surface area (Å²) in [6.07, 6.45) is 0.647. The second-order valence-electron chi connectivity index (χ2n) is 4.83. The summed E-state index contributed by atoms with van der Waals surface area (Å²) in [6, 6.07) is 17.9. The molecule has 0 bridgehead atoms. The van der Waals surface area contributed by atoms with Crippen LogP contribution in [0.15, 0.2) is 59.1 Å². The van der Waals surface area contributed by atoms with Crippen LogP contribution in [0, 0.1) is 0 Å². The predicted octanol–water partition coefficient (Wildman–Crippen LogP) is 6.17. The van der Waals surface area contributed by atoms with Crippen LogP contribution in [0.25, 0.3) is 10.9 Å². The van der Waals surface area contributed by atoms with Gasteiger partial charge in [0.05, 0.1) is 10.9 Å². The van der Waals surface area contributed by atoms with E-state index in [4.69, 9.17) is 23.2 Å². The summed E-state index contributed by atoms with van der Waals surface area (Å²) in [6.45, 7) is 0. The fourth-order valence-electron chi connectivity index (χ4n) is 2.27. The van der Waals surface area contributed by atoms with E-state index in [1.807, 2.05) is 42.5 Å². The number of aromatic nitrogens is 1. The smallest absolute Gasteiger partial charge is 0.0705 e. The van der Waals surface area contributed by atoms with Crippen LogP contribution >= 0.6 is 39.1 Å². The van der Waals surface area contributed by atoms with Crippen LogP contribution in [0.1, 0.15) is 16.6 Å². The second kappa shape index (κ2) is 6.35. The summed E-state index contributed by atoms with van der Waals surface area (Å²) in [5.41, 5.74) is 2.88. The van der Waals surface area contributed by atoms with Gasteiger partial charge in [0.2, 0.25) is 0 Å². The number of benzene rings is 2. The third-order valence-corrected chi connectivity index (χ3v) is 4.55. The number of alkyl halides is 1. The number of hydrogen-bond acceptors (Lipinski definition) is 1. The standard InChI is InChI=1S/C17H12BrCl2N/c18-12-6-8-14(15(19)9-12)16(20)10-13-7-5-11-3-1-2-4-17(11)21-13/h1-9,16H,10H2. The molecule has 0 aliphatic carbocycles. The first kappa shape index (κ1) is 14.8. The molecule has 1 heterocycles. The third kappa shape index (κ3) is 3.39. The van der Waals surface area contributed by atoms with Gasteiger partial charge in [0.15, 0.2) is 0 Å². The van der Waals surface area contributed by atoms with Crippen molar-refractivity contribution in [1.82, 2.24) is 4.98 Å². The topological polar surface area (TPSA) is 12.9 Å². The predicted molar refractivity (Wildman–Crippen MR) is 93.2 cm³/mol. The number of halogens is 3. The van der Waals surface area contributed by atoms with Crippen LogP contribution in [0.4, 0.5) is 0 Å². The molecule has 0 aliphatic heterocycles. The van der Waals surface area contributed by atoms with Gasteiger partial charge in [0, 0.05) is 27.0 Å². The first-order valence-electron chi connectivity index (χ1n) is 6.57. The highest BCUT2D eigenvalue weighted by atomic mass is 79.9. The molecule has 1 unspecified atom stereocenters. The van der Waals surface area contributed by atoms with Crippen molar-refractivity contribution < 1.29 is 0 Å². The summed E-state index contributed by atoms with van der Waals surface area (Å²) in [5.74, 6) is 0. The Kier molecular flexibility index (Phi) is 4.48. The maximum atomic E-state index is 6.51. The van der Waals surface area contributed by atoms with Crippen molar-refractivity contribution in [3.05, 3.63) is 75.4 Å². The fraction of sp³-hybridized carbons (Fsp3) is 0.118. The highest BCUT2D eigenvalue weighted by molar-refractivity contribution is 9.10. The van der Waals surface area contributed by atoms with E-state index in [0.29, 0.717) is 11.4 Å². The zero-order chi connectivity index (χ0) is 14.8. The molecule has 0 saturated carbocycles. The van der Waals surface area contributed by atoms with E-state index in [2.05, 4.69) is 33.0 Å². The lowest BCUT2D eigenvalue weighted by Gasteiger charge is -2.12. The van der Waals surface area contributed by atoms with Crippen LogP contribution < -0.4 is 0 Å². The van der Waals surface area contributed by atoms with Crippen LogP contribution in [0.2, 0.25) is 5.02 Å². The molecule has 0 fully saturated rings. The van der Waals surface area contributed by atoms with Gasteiger partial charge < -0.3 is 0 Å². The molecule has 4 heteroatoms. The fourth-order valence-corrected chi connectivity index (χ4v) is 3.48. The molecule has 0 spiro atoms. The van der Waals surface area contributed by atoms with E-state index in [9.17, 15) is 0 Å². The second-order valence-corrected chi connectivity index (χ2v) is 6.68. The van der Waals surface area contributed by atoms with Crippen molar-refractivity contribution in [2.75, 3.05) is 0 Å². The zero-order valence-corrected chi connectivity index (χ0v) is 14.2. The van der Waals surface area contributed by atoms with E-state index in [1.54, 1.807) is 0 Å². The lowest BCUT2D eigenvalue weighted by Crippen LogP contribution is -1.99. The average Bonchev–Trinajstić information content (AvgIpc) is 2.47. The van der Waals surface area contributed by atoms with Gasteiger partial charge in [-0.15, -0.1) is 11.6 Å². The Bertz CT molecular complexity index is 789. The molecule has 0 radical (unpaired) electrons. The first-order valence-corrected chi connectivity index (χ1v) is 8.18. The lowest BCUT2D eigenvalue weighted by atomic mass is 10.1. The molecule has 21 heavy (non-hydrogen) atoms. The Morgan fingerprint density at radius 1 is 1.05 bits per heavy atom. The maximum absolute atomic E-state index is 6.51. The maximum Gasteiger partial charge on any atom is 0.0705 e. The Morgan fingerprint density at radius 3 is 2.67 bits per heavy atom. The van der Waals surface area contributed by atoms with E-state index >= 15 is 0 Å². The van der Waals surface area contributed by atoms with Crippen molar-refractivity contribution in [2.24, 2.45) is 0 Å². The number of fused-ring (bicyclic) bond motifs is 1. The van der Waals surface area contributed by atoms with Gasteiger partial charge in [0.25, 0.3) is 0 Å². The summed E-state index contributed by atoms with van der Waals surface area (Å²) >= 11 is 16.2. The molecule has 0 amide bonds. The van der Waals surface area contributed by atoms with Gasteiger partial charge in [-0.1, -0.05) is 57.9 Å². The monoisotopic (exact) mass is 379 g/mol. The van der Waals surface area contributed by atoms with Gasteiger partial charge in [0.1, 0.15) is 0 Å². The molecular weight excluding hydrogens is 369 g/mol. The Balaban J connectivity index is 1.87. The van der Waals surface area contributed by atoms with Crippen molar-refractivity contribution in [2.45, 2.75) is 11.8 Å². The van der Waals surface area contributed by atoms with Crippen LogP contribution in [0.5, 0.6) is 0 Å². The molecule has 1 atom stereocenters. The van der Waals surface area contributed by atoms with Gasteiger partial charge >= 0.3 is 0 Å². The Labute approximate surface area is 142 Å². The van der Waals surface area contributed by atoms with E-state index in [-0.39, 0.29) is 5.38 Å². The van der Waals surface area contributed by atoms with Gasteiger partial charge in [-0.3, -0.25) is 4.98 Å². The molecule has 1 aromatic heterocycles. The van der Waals surface area contributed by atoms with Crippen molar-refractivity contribution in [1.29, 1.82) is 0 Å². The molecule has 0 aliphatic rings. The van der Waals surface area contributed by atoms with E-state index < -0.39 is 0 Å². The average molecular weight is 381 g/mol. The molecular formula is C17H12BrCl2N. The van der Waals surface area contributed by atoms with E-state index in [0.717, 1.165) is 26.6 Å². The molecule has 1 nitrogen and oxygen atoms in total. The highest BCUT2D eigenvalue weighted by Crippen LogP contribution is 2.32. The molecule has 0 saturated heterocycles. The Morgan fingerprint density at radius 2 is 1.86 bits per heavy atom. The van der Waals surface area contributed by atoms with Gasteiger partial charge in [-0.2, -0.15) is 0 Å². The van der Waals surface area contributed by atoms with Gasteiger partial charge in [-0.25, -0.2) is 0 Å². The largest absolute Gasteiger partial charge is 0.253 e. The molecule has 3 aromatic rings. The van der Waals surface area contributed by atoms with Crippen LogP contribution in [0.3, 0.4) is 0 Å². The minimum absolute atomic E-state index is 0.195. The van der Waals surface area contributed by atoms with Crippen molar-refractivity contribution in [3.63, 3.8) is 0 Å². The van der Waals surface area contributed by atoms with Crippen molar-refractivity contribution >= 4 is 50.0 Å². The van der Waals surface area contributed by atoms with E-state index in [1.165, 1.54) is 0 Å². The van der Waals surface area contributed by atoms with Gasteiger partial charge in [-0.05, 0) is 29.8 Å². The van der Waals surface area contributed by atoms with Crippen LogP contribution in [-0.2, 0) is 6.42 Å². The number of nitrogens with zero attached hydrogens (tertiary/aromatic N) is 1. The minimum atomic E-state index is -0.195. The highest BCUT2D eigenvalue weighted by Gasteiger charge is 2.14. The molecule has 106 valence electrons. The SMILES string of the molecule is Clc1cc(Br)ccc1C(Cl)Cc1ccc2ccccc2n1. The lowest BCUT2D eigenvalue weighted by molar-refractivity contribution is 0.888. The normalized spacial score (nSPS) is 12.5. The number of hydrogen-bond donors (Lipinski definition) is 0. The molecule has 2 aromatic carbocycles. The molecule has 0 N–H and O–H groups in total. The van der Waals surface area contributed by atoms with Crippen molar-refractivity contribution in [3.8, 4) is 0 Å². The zero-order valence-electron chi connectivity index (χ0n) is 11.1. The summed E-state index contributed by atoms with van der Waals surface area (Å²) in [5, 5.41) is 1.61. The summed E-state index contributed by atoms with van der Waals surface area (Å²) < 4.78 is 0.948. The minimum Gasteiger partial charge on any atom is -0.253 e. The summed E-state index contributed by atoms with van der Waals surface area (Å²) in [4.78, 5) is 4.65. The Hall–Kier alpha value is -1.09. The number of pyridine rings is 1. The number of rotatable bonds is 3. The quantitative estimate of drug-likeness (QED) is 0.495. The number of para-hydroxylation sites is 1. The third-order valence-electron chi connectivity index (χ3n) is 3.34. The molecule has 3 rings (SSSR count). The summed E-state index contributed by atoms with van der Waals surface area (Å²) in [7, 11) is 0. The first-order chi connectivity index (χ1) is 10.1. The van der Waals surface area contributed by atoms with Crippen LogP contribution in [-0.4, -0.2) is 4.98 Å².